The van der Waals surface area contributed by atoms with Gasteiger partial charge in [0.1, 0.15) is 13.2 Å². The van der Waals surface area contributed by atoms with Crippen molar-refractivity contribution >= 4 is 28.3 Å². The van der Waals surface area contributed by atoms with Crippen molar-refractivity contribution in [2.24, 2.45) is 5.73 Å². The summed E-state index contributed by atoms with van der Waals surface area (Å²) in [5.41, 5.74) is 7.03. The number of benzene rings is 1. The van der Waals surface area contributed by atoms with Crippen molar-refractivity contribution in [3.63, 3.8) is 0 Å². The number of nitrogens with two attached hydrogens (primary N) is 1. The first-order valence-electron chi connectivity index (χ1n) is 7.80. The number of likely N-dealkylation sites (tertiary alicyclic amines) is 1. The number of piperidine rings is 1. The van der Waals surface area contributed by atoms with E-state index in [-0.39, 0.29) is 12.4 Å². The topological polar surface area (TPSA) is 47.7 Å². The lowest BCUT2D eigenvalue weighted by Crippen LogP contribution is -2.40. The first-order chi connectivity index (χ1) is 10.3. The molecular formula is C16H24BrClN2O2. The van der Waals surface area contributed by atoms with E-state index in [2.05, 4.69) is 26.9 Å². The molecule has 0 bridgehead atoms. The Kier molecular flexibility index (Phi) is 6.81. The maximum atomic E-state index is 5.76. The van der Waals surface area contributed by atoms with Crippen LogP contribution in [0.4, 0.5) is 0 Å². The molecule has 6 heteroatoms. The molecule has 1 saturated heterocycles. The van der Waals surface area contributed by atoms with Gasteiger partial charge in [-0.15, -0.1) is 12.4 Å². The average molecular weight is 392 g/mol. The van der Waals surface area contributed by atoms with Gasteiger partial charge in [0.2, 0.25) is 0 Å². The number of halogens is 2. The van der Waals surface area contributed by atoms with Crippen molar-refractivity contribution in [1.29, 1.82) is 0 Å². The summed E-state index contributed by atoms with van der Waals surface area (Å²) >= 11 is 3.67. The van der Waals surface area contributed by atoms with Gasteiger partial charge in [-0.05, 0) is 50.0 Å². The summed E-state index contributed by atoms with van der Waals surface area (Å²) in [6.07, 6.45) is 4.95. The van der Waals surface area contributed by atoms with E-state index in [1.165, 1.54) is 24.8 Å². The highest BCUT2D eigenvalue weighted by atomic mass is 79.9. The molecule has 2 heterocycles. The third kappa shape index (κ3) is 4.07. The minimum Gasteiger partial charge on any atom is -0.486 e. The molecule has 0 amide bonds. The summed E-state index contributed by atoms with van der Waals surface area (Å²) in [6.45, 7) is 4.13. The van der Waals surface area contributed by atoms with Crippen LogP contribution in [0.3, 0.4) is 0 Å². The Morgan fingerprint density at radius 1 is 1.18 bits per heavy atom. The molecule has 0 spiro atoms. The van der Waals surface area contributed by atoms with E-state index in [4.69, 9.17) is 15.2 Å². The largest absolute Gasteiger partial charge is 0.486 e. The fraction of sp³-hybridized carbons (Fsp3) is 0.625. The SMILES string of the molecule is Cl.NCCC1CCCCN1Cc1cc2c(cc1Br)OCCO2. The summed E-state index contributed by atoms with van der Waals surface area (Å²) in [7, 11) is 0. The highest BCUT2D eigenvalue weighted by molar-refractivity contribution is 9.10. The first kappa shape index (κ1) is 17.9. The van der Waals surface area contributed by atoms with Crippen molar-refractivity contribution in [2.45, 2.75) is 38.3 Å². The van der Waals surface area contributed by atoms with E-state index in [1.54, 1.807) is 0 Å². The van der Waals surface area contributed by atoms with Crippen LogP contribution >= 0.6 is 28.3 Å². The minimum absolute atomic E-state index is 0. The van der Waals surface area contributed by atoms with E-state index in [0.29, 0.717) is 19.3 Å². The Labute approximate surface area is 146 Å². The third-order valence-corrected chi connectivity index (χ3v) is 5.07. The van der Waals surface area contributed by atoms with Crippen LogP contribution in [0.2, 0.25) is 0 Å². The van der Waals surface area contributed by atoms with Gasteiger partial charge in [-0.2, -0.15) is 0 Å². The van der Waals surface area contributed by atoms with Gasteiger partial charge in [0.05, 0.1) is 0 Å². The van der Waals surface area contributed by atoms with Gasteiger partial charge in [0.15, 0.2) is 11.5 Å². The molecule has 0 saturated carbocycles. The summed E-state index contributed by atoms with van der Waals surface area (Å²) < 4.78 is 12.4. The molecular weight excluding hydrogens is 368 g/mol. The number of fused-ring (bicyclic) bond motifs is 1. The summed E-state index contributed by atoms with van der Waals surface area (Å²) in [4.78, 5) is 2.56. The number of hydrogen-bond donors (Lipinski definition) is 1. The maximum absolute atomic E-state index is 5.76. The molecule has 1 aromatic rings. The fourth-order valence-electron chi connectivity index (χ4n) is 3.23. The van der Waals surface area contributed by atoms with Gasteiger partial charge in [0, 0.05) is 17.1 Å². The van der Waals surface area contributed by atoms with E-state index in [1.807, 2.05) is 6.07 Å². The molecule has 1 aromatic carbocycles. The Morgan fingerprint density at radius 2 is 1.91 bits per heavy atom. The van der Waals surface area contributed by atoms with E-state index >= 15 is 0 Å². The Hall–Kier alpha value is -0.490. The first-order valence-corrected chi connectivity index (χ1v) is 8.59. The van der Waals surface area contributed by atoms with Gasteiger partial charge in [0.25, 0.3) is 0 Å². The molecule has 0 aliphatic carbocycles. The van der Waals surface area contributed by atoms with Crippen molar-refractivity contribution < 1.29 is 9.47 Å². The normalized spacial score (nSPS) is 21.3. The number of hydrogen-bond acceptors (Lipinski definition) is 4. The monoisotopic (exact) mass is 390 g/mol. The molecule has 0 radical (unpaired) electrons. The second-order valence-corrected chi connectivity index (χ2v) is 6.64. The lowest BCUT2D eigenvalue weighted by molar-refractivity contribution is 0.133. The van der Waals surface area contributed by atoms with Crippen molar-refractivity contribution in [3.8, 4) is 11.5 Å². The molecule has 4 nitrogen and oxygen atoms in total. The van der Waals surface area contributed by atoms with Crippen molar-refractivity contribution in [3.05, 3.63) is 22.2 Å². The van der Waals surface area contributed by atoms with Crippen LogP contribution in [0.5, 0.6) is 11.5 Å². The quantitative estimate of drug-likeness (QED) is 0.855. The molecule has 2 aliphatic heterocycles. The van der Waals surface area contributed by atoms with Crippen LogP contribution in [-0.4, -0.2) is 37.2 Å². The van der Waals surface area contributed by atoms with Crippen LogP contribution in [0.1, 0.15) is 31.2 Å². The molecule has 1 fully saturated rings. The Morgan fingerprint density at radius 3 is 2.64 bits per heavy atom. The van der Waals surface area contributed by atoms with Crippen molar-refractivity contribution in [1.82, 2.24) is 4.90 Å². The number of ether oxygens (including phenoxy) is 2. The summed E-state index contributed by atoms with van der Waals surface area (Å²) in [6, 6.07) is 4.77. The zero-order chi connectivity index (χ0) is 14.7. The van der Waals surface area contributed by atoms with Crippen LogP contribution < -0.4 is 15.2 Å². The second kappa shape index (κ2) is 8.39. The molecule has 124 valence electrons. The smallest absolute Gasteiger partial charge is 0.162 e. The van der Waals surface area contributed by atoms with Gasteiger partial charge < -0.3 is 15.2 Å². The number of rotatable bonds is 4. The van der Waals surface area contributed by atoms with Crippen LogP contribution in [0.25, 0.3) is 0 Å². The highest BCUT2D eigenvalue weighted by Gasteiger charge is 2.23. The fourth-order valence-corrected chi connectivity index (χ4v) is 3.68. The summed E-state index contributed by atoms with van der Waals surface area (Å²) in [5, 5.41) is 0. The second-order valence-electron chi connectivity index (χ2n) is 5.78. The third-order valence-electron chi connectivity index (χ3n) is 4.33. The molecule has 2 N–H and O–H groups in total. The Balaban J connectivity index is 0.00000176. The zero-order valence-electron chi connectivity index (χ0n) is 12.7. The predicted octanol–water partition coefficient (Wildman–Crippen LogP) is 3.35. The van der Waals surface area contributed by atoms with E-state index < -0.39 is 0 Å². The lowest BCUT2D eigenvalue weighted by atomic mass is 9.98. The van der Waals surface area contributed by atoms with Gasteiger partial charge in [-0.1, -0.05) is 22.4 Å². The standard InChI is InChI=1S/C16H23BrN2O2.ClH/c17-14-10-16-15(20-7-8-21-16)9-12(14)11-19-6-2-1-3-13(19)4-5-18;/h9-10,13H,1-8,11,18H2;1H. The van der Waals surface area contributed by atoms with E-state index in [0.717, 1.165) is 42.0 Å². The summed E-state index contributed by atoms with van der Waals surface area (Å²) in [5.74, 6) is 1.71. The molecule has 1 atom stereocenters. The molecule has 1 unspecified atom stereocenters. The molecule has 3 rings (SSSR count). The highest BCUT2D eigenvalue weighted by Crippen LogP contribution is 2.36. The zero-order valence-corrected chi connectivity index (χ0v) is 15.1. The minimum atomic E-state index is 0. The van der Waals surface area contributed by atoms with Crippen LogP contribution in [0.15, 0.2) is 16.6 Å². The number of nitrogens with zero attached hydrogens (tertiary/aromatic N) is 1. The molecule has 22 heavy (non-hydrogen) atoms. The average Bonchev–Trinajstić information content (AvgIpc) is 2.50. The Bertz CT molecular complexity index is 499. The van der Waals surface area contributed by atoms with Gasteiger partial charge >= 0.3 is 0 Å². The van der Waals surface area contributed by atoms with E-state index in [9.17, 15) is 0 Å². The van der Waals surface area contributed by atoms with Crippen LogP contribution in [0, 0.1) is 0 Å². The maximum Gasteiger partial charge on any atom is 0.162 e. The van der Waals surface area contributed by atoms with Crippen molar-refractivity contribution in [2.75, 3.05) is 26.3 Å². The van der Waals surface area contributed by atoms with Crippen LogP contribution in [-0.2, 0) is 6.54 Å². The van der Waals surface area contributed by atoms with Gasteiger partial charge in [-0.25, -0.2) is 0 Å². The predicted molar refractivity (Wildman–Crippen MR) is 94.1 cm³/mol. The lowest BCUT2D eigenvalue weighted by Gasteiger charge is -2.36. The molecule has 0 aromatic heterocycles. The van der Waals surface area contributed by atoms with Gasteiger partial charge in [-0.3, -0.25) is 4.90 Å². The molecule has 2 aliphatic rings.